The van der Waals surface area contributed by atoms with E-state index >= 15 is 0 Å². The third kappa shape index (κ3) is 4.78. The van der Waals surface area contributed by atoms with Gasteiger partial charge in [0.2, 0.25) is 12.1 Å². The minimum atomic E-state index is -0.395. The maximum Gasteiger partial charge on any atom is 0.230 e. The largest absolute Gasteiger partial charge is 0.496 e. The first-order valence-corrected chi connectivity index (χ1v) is 10.8. The number of benzene rings is 2. The summed E-state index contributed by atoms with van der Waals surface area (Å²) in [5.41, 5.74) is 2.50. The summed E-state index contributed by atoms with van der Waals surface area (Å²) in [6.45, 7) is 0. The van der Waals surface area contributed by atoms with E-state index in [0.29, 0.717) is 28.3 Å². The lowest BCUT2D eigenvalue weighted by atomic mass is 10.2. The monoisotopic (exact) mass is 422 g/mol. The van der Waals surface area contributed by atoms with Crippen molar-refractivity contribution < 1.29 is 9.13 Å². The van der Waals surface area contributed by atoms with Crippen LogP contribution in [0.15, 0.2) is 53.2 Å². The van der Waals surface area contributed by atoms with Crippen LogP contribution in [0.4, 0.5) is 16.0 Å². The van der Waals surface area contributed by atoms with Crippen LogP contribution >= 0.6 is 0 Å². The second-order valence-corrected chi connectivity index (χ2v) is 8.68. The average Bonchev–Trinajstić information content (AvgIpc) is 3.59. The van der Waals surface area contributed by atoms with Crippen LogP contribution in [0.3, 0.4) is 0 Å². The number of anilines is 2. The predicted octanol–water partition coefficient (Wildman–Crippen LogP) is 4.38. The van der Waals surface area contributed by atoms with E-state index in [0.717, 1.165) is 29.8 Å². The van der Waals surface area contributed by atoms with Crippen LogP contribution in [0.5, 0.6) is 5.75 Å². The molecule has 1 unspecified atom stereocenters. The molecule has 2 aromatic carbocycles. The van der Waals surface area contributed by atoms with Gasteiger partial charge in [-0.05, 0) is 42.7 Å². The summed E-state index contributed by atoms with van der Waals surface area (Å²) >= 11 is 0. The second kappa shape index (κ2) is 8.97. The van der Waals surface area contributed by atoms with E-state index in [9.17, 15) is 4.39 Å². The van der Waals surface area contributed by atoms with Gasteiger partial charge in [0.15, 0.2) is 5.82 Å². The highest BCUT2D eigenvalue weighted by molar-refractivity contribution is 7.87. The second-order valence-electron chi connectivity index (χ2n) is 6.74. The third-order valence-electron chi connectivity index (χ3n) is 4.54. The molecule has 0 radical (unpaired) electrons. The van der Waals surface area contributed by atoms with Crippen LogP contribution in [0.25, 0.3) is 11.4 Å². The average molecular weight is 422 g/mol. The Morgan fingerprint density at radius 2 is 2.13 bits per heavy atom. The van der Waals surface area contributed by atoms with Crippen LogP contribution in [0.1, 0.15) is 18.4 Å². The lowest BCUT2D eigenvalue weighted by molar-refractivity contribution is 0.412. The number of rotatable bonds is 7. The van der Waals surface area contributed by atoms with Gasteiger partial charge in [0, 0.05) is 22.8 Å². The minimum absolute atomic E-state index is 0.255. The molecule has 1 aromatic heterocycles. The summed E-state index contributed by atoms with van der Waals surface area (Å²) in [7, 11) is 1.22. The standard InChI is InChI=1S/C21H19FN6OS/c1-29-19-10-15(22)5-8-18(19)20-24-13-25-21(28-20)27-16-4-2-3-14(9-16)11-30(26-12-23)17-6-7-17/h2-5,8-10,13,17H,6-7,11H2,1H3,(H,24,25,27,28). The Labute approximate surface area is 176 Å². The van der Waals surface area contributed by atoms with E-state index in [1.54, 1.807) is 6.07 Å². The van der Waals surface area contributed by atoms with Crippen LogP contribution in [0, 0.1) is 17.3 Å². The molecule has 1 N–H and O–H groups in total. The Kier molecular flexibility index (Phi) is 5.95. The molecule has 1 aliphatic rings. The van der Waals surface area contributed by atoms with Gasteiger partial charge in [-0.3, -0.25) is 0 Å². The highest BCUT2D eigenvalue weighted by Gasteiger charge is 2.26. The summed E-state index contributed by atoms with van der Waals surface area (Å²) in [5.74, 6) is 1.45. The van der Waals surface area contributed by atoms with Crippen molar-refractivity contribution in [2.45, 2.75) is 23.8 Å². The Morgan fingerprint density at radius 3 is 2.90 bits per heavy atom. The zero-order valence-corrected chi connectivity index (χ0v) is 17.1. The molecule has 3 aromatic rings. The number of nitriles is 1. The smallest absolute Gasteiger partial charge is 0.230 e. The Bertz CT molecular complexity index is 1140. The summed E-state index contributed by atoms with van der Waals surface area (Å²) in [4.78, 5) is 12.8. The zero-order valence-electron chi connectivity index (χ0n) is 16.2. The maximum absolute atomic E-state index is 13.5. The molecule has 1 fully saturated rings. The molecule has 4 rings (SSSR count). The molecule has 0 aliphatic heterocycles. The molecule has 152 valence electrons. The molecule has 1 saturated carbocycles. The first kappa shape index (κ1) is 19.9. The van der Waals surface area contributed by atoms with Gasteiger partial charge in [-0.1, -0.05) is 22.8 Å². The molecule has 0 spiro atoms. The lowest BCUT2D eigenvalue weighted by Crippen LogP contribution is -2.03. The number of hydrogen-bond donors (Lipinski definition) is 1. The number of ether oxygens (including phenoxy) is 1. The van der Waals surface area contributed by atoms with Crippen LogP contribution in [0.2, 0.25) is 0 Å². The summed E-state index contributed by atoms with van der Waals surface area (Å²) < 4.78 is 22.8. The number of nitrogens with zero attached hydrogens (tertiary/aromatic N) is 5. The summed E-state index contributed by atoms with van der Waals surface area (Å²) in [6.07, 6.45) is 5.65. The molecule has 0 amide bonds. The fourth-order valence-electron chi connectivity index (χ4n) is 2.99. The zero-order chi connectivity index (χ0) is 20.9. The van der Waals surface area contributed by atoms with Gasteiger partial charge >= 0.3 is 0 Å². The van der Waals surface area contributed by atoms with Gasteiger partial charge < -0.3 is 10.1 Å². The Balaban J connectivity index is 1.55. The molecule has 1 aliphatic carbocycles. The SMILES string of the molecule is COc1cc(F)ccc1-c1ncnc(Nc2cccc(CS(=NC#N)C3CC3)c2)n1. The van der Waals surface area contributed by atoms with Crippen molar-refractivity contribution in [2.24, 2.45) is 4.36 Å². The van der Waals surface area contributed by atoms with Crippen molar-refractivity contribution in [3.8, 4) is 23.3 Å². The number of methoxy groups -OCH3 is 1. The molecular formula is C21H19FN6OS. The Morgan fingerprint density at radius 1 is 1.27 bits per heavy atom. The third-order valence-corrected chi connectivity index (χ3v) is 6.73. The fraction of sp³-hybridized carbons (Fsp3) is 0.238. The quantitative estimate of drug-likeness (QED) is 0.568. The van der Waals surface area contributed by atoms with E-state index in [4.69, 9.17) is 10.00 Å². The molecule has 7 nitrogen and oxygen atoms in total. The minimum Gasteiger partial charge on any atom is -0.496 e. The van der Waals surface area contributed by atoms with E-state index in [2.05, 4.69) is 24.6 Å². The number of nitrogens with one attached hydrogen (secondary N) is 1. The van der Waals surface area contributed by atoms with Gasteiger partial charge in [0.25, 0.3) is 0 Å². The van der Waals surface area contributed by atoms with Gasteiger partial charge in [-0.15, -0.1) is 0 Å². The number of hydrogen-bond acceptors (Lipinski definition) is 7. The maximum atomic E-state index is 13.5. The first-order chi connectivity index (χ1) is 14.7. The van der Waals surface area contributed by atoms with Crippen LogP contribution < -0.4 is 10.1 Å². The molecule has 9 heteroatoms. The van der Waals surface area contributed by atoms with Crippen LogP contribution in [-0.2, 0) is 16.4 Å². The molecule has 0 saturated heterocycles. The van der Waals surface area contributed by atoms with E-state index in [1.165, 1.54) is 25.6 Å². The number of halogens is 1. The van der Waals surface area contributed by atoms with E-state index in [1.807, 2.05) is 30.5 Å². The topological polar surface area (TPSA) is 96.1 Å². The molecule has 0 bridgehead atoms. The molecular weight excluding hydrogens is 403 g/mol. The van der Waals surface area contributed by atoms with E-state index in [-0.39, 0.29) is 10.7 Å². The van der Waals surface area contributed by atoms with Crippen molar-refractivity contribution in [3.63, 3.8) is 0 Å². The summed E-state index contributed by atoms with van der Waals surface area (Å²) in [5, 5.41) is 12.7. The van der Waals surface area contributed by atoms with E-state index < -0.39 is 5.82 Å². The summed E-state index contributed by atoms with van der Waals surface area (Å²) in [6, 6.07) is 12.1. The molecule has 30 heavy (non-hydrogen) atoms. The van der Waals surface area contributed by atoms with Crippen molar-refractivity contribution in [3.05, 3.63) is 60.2 Å². The Hall–Kier alpha value is -3.38. The van der Waals surface area contributed by atoms with Crippen molar-refractivity contribution in [1.82, 2.24) is 15.0 Å². The normalized spacial score (nSPS) is 14.2. The molecule has 1 heterocycles. The highest BCUT2D eigenvalue weighted by Crippen LogP contribution is 2.31. The predicted molar refractivity (Wildman–Crippen MR) is 114 cm³/mol. The van der Waals surface area contributed by atoms with Gasteiger partial charge in [0.1, 0.15) is 17.9 Å². The first-order valence-electron chi connectivity index (χ1n) is 9.35. The fourth-order valence-corrected chi connectivity index (χ4v) is 4.75. The van der Waals surface area contributed by atoms with Gasteiger partial charge in [-0.2, -0.15) is 14.6 Å². The molecule has 1 atom stereocenters. The van der Waals surface area contributed by atoms with Crippen LogP contribution in [-0.4, -0.2) is 27.3 Å². The van der Waals surface area contributed by atoms with Gasteiger partial charge in [0.05, 0.1) is 12.7 Å². The van der Waals surface area contributed by atoms with Crippen molar-refractivity contribution in [1.29, 1.82) is 5.26 Å². The highest BCUT2D eigenvalue weighted by atomic mass is 32.2. The van der Waals surface area contributed by atoms with Crippen molar-refractivity contribution in [2.75, 3.05) is 12.4 Å². The lowest BCUT2D eigenvalue weighted by Gasteiger charge is -2.10. The van der Waals surface area contributed by atoms with Crippen molar-refractivity contribution >= 4 is 22.3 Å². The van der Waals surface area contributed by atoms with Gasteiger partial charge in [-0.25, -0.2) is 14.4 Å². The number of aromatic nitrogens is 3.